The van der Waals surface area contributed by atoms with Crippen LogP contribution in [0.2, 0.25) is 0 Å². The number of carbonyl (C=O) groups is 3. The van der Waals surface area contributed by atoms with Crippen molar-refractivity contribution >= 4 is 17.5 Å². The van der Waals surface area contributed by atoms with Gasteiger partial charge in [-0.2, -0.15) is 0 Å². The van der Waals surface area contributed by atoms with Crippen LogP contribution in [-0.2, 0) is 14.4 Å². The highest BCUT2D eigenvalue weighted by atomic mass is 16.4. The highest BCUT2D eigenvalue weighted by molar-refractivity contribution is 5.85. The lowest BCUT2D eigenvalue weighted by Crippen LogP contribution is -2.27. The first-order chi connectivity index (χ1) is 12.7. The molecule has 0 heterocycles. The molecule has 1 fully saturated rings. The standard InChI is InChI=1S/C22H38O5/c1-4-5-14-22(2,3)20(25)13-12-17-16(18(23)15-19(17)24)10-8-6-7-9-11-21(26)27/h16-17,19,24H,4-15H2,1-3H3,(H,26,27)/t16-,17-,19?/m1/s1. The first-order valence-electron chi connectivity index (χ1n) is 10.6. The molecule has 3 atom stereocenters. The molecule has 0 aromatic heterocycles. The van der Waals surface area contributed by atoms with E-state index in [9.17, 15) is 19.5 Å². The maximum atomic E-state index is 12.6. The largest absolute Gasteiger partial charge is 0.481 e. The van der Waals surface area contributed by atoms with E-state index in [2.05, 4.69) is 6.92 Å². The van der Waals surface area contributed by atoms with Gasteiger partial charge in [-0.15, -0.1) is 0 Å². The topological polar surface area (TPSA) is 91.7 Å². The van der Waals surface area contributed by atoms with Gasteiger partial charge in [-0.1, -0.05) is 52.9 Å². The normalized spacial score (nSPS) is 23.0. The molecular formula is C22H38O5. The smallest absolute Gasteiger partial charge is 0.303 e. The molecule has 5 nitrogen and oxygen atoms in total. The predicted molar refractivity (Wildman–Crippen MR) is 105 cm³/mol. The van der Waals surface area contributed by atoms with E-state index in [4.69, 9.17) is 5.11 Å². The highest BCUT2D eigenvalue weighted by Gasteiger charge is 2.41. The number of rotatable bonds is 14. The van der Waals surface area contributed by atoms with Crippen molar-refractivity contribution in [3.63, 3.8) is 0 Å². The summed E-state index contributed by atoms with van der Waals surface area (Å²) in [6.45, 7) is 6.11. The number of ketones is 2. The zero-order chi connectivity index (χ0) is 20.4. The summed E-state index contributed by atoms with van der Waals surface area (Å²) in [4.78, 5) is 35.4. The molecule has 1 rings (SSSR count). The molecule has 0 aromatic carbocycles. The number of aliphatic hydroxyl groups is 1. The molecule has 0 saturated heterocycles. The zero-order valence-corrected chi connectivity index (χ0v) is 17.3. The van der Waals surface area contributed by atoms with Gasteiger partial charge in [0.15, 0.2) is 0 Å². The van der Waals surface area contributed by atoms with E-state index in [0.717, 1.165) is 44.9 Å². The molecule has 1 unspecified atom stereocenters. The molecule has 27 heavy (non-hydrogen) atoms. The number of Topliss-reactive ketones (excluding diaryl/α,β-unsaturated/α-hetero) is 2. The summed E-state index contributed by atoms with van der Waals surface area (Å²) in [5.74, 6) is -0.671. The van der Waals surface area contributed by atoms with Gasteiger partial charge in [0.05, 0.1) is 6.10 Å². The molecular weight excluding hydrogens is 344 g/mol. The Kier molecular flexibility index (Phi) is 10.2. The maximum absolute atomic E-state index is 12.6. The average molecular weight is 383 g/mol. The van der Waals surface area contributed by atoms with Crippen molar-refractivity contribution in [1.82, 2.24) is 0 Å². The molecule has 1 aliphatic rings. The van der Waals surface area contributed by atoms with Crippen LogP contribution in [0.5, 0.6) is 0 Å². The second-order valence-electron chi connectivity index (χ2n) is 8.80. The number of carboxylic acids is 1. The van der Waals surface area contributed by atoms with Crippen molar-refractivity contribution in [3.05, 3.63) is 0 Å². The van der Waals surface area contributed by atoms with Gasteiger partial charge in [0.25, 0.3) is 0 Å². The minimum absolute atomic E-state index is 0.109. The lowest BCUT2D eigenvalue weighted by Gasteiger charge is -2.25. The Hall–Kier alpha value is -1.23. The number of carboxylic acid groups (broad SMARTS) is 1. The van der Waals surface area contributed by atoms with Crippen LogP contribution in [0.3, 0.4) is 0 Å². The molecule has 0 radical (unpaired) electrons. The van der Waals surface area contributed by atoms with Crippen LogP contribution in [0.4, 0.5) is 0 Å². The molecule has 2 N–H and O–H groups in total. The van der Waals surface area contributed by atoms with Crippen molar-refractivity contribution < 1.29 is 24.6 Å². The minimum Gasteiger partial charge on any atom is -0.481 e. The van der Waals surface area contributed by atoms with E-state index in [1.807, 2.05) is 13.8 Å². The van der Waals surface area contributed by atoms with Gasteiger partial charge in [-0.25, -0.2) is 0 Å². The first kappa shape index (κ1) is 23.8. The predicted octanol–water partition coefficient (Wildman–Crippen LogP) is 4.54. The molecule has 1 aliphatic carbocycles. The molecule has 0 spiro atoms. The fourth-order valence-electron chi connectivity index (χ4n) is 4.17. The van der Waals surface area contributed by atoms with Crippen LogP contribution in [0.1, 0.15) is 97.8 Å². The molecule has 0 amide bonds. The molecule has 0 aliphatic heterocycles. The zero-order valence-electron chi connectivity index (χ0n) is 17.3. The van der Waals surface area contributed by atoms with E-state index in [1.165, 1.54) is 0 Å². The van der Waals surface area contributed by atoms with E-state index < -0.39 is 12.1 Å². The third kappa shape index (κ3) is 8.12. The average Bonchev–Trinajstić information content (AvgIpc) is 2.86. The second-order valence-corrected chi connectivity index (χ2v) is 8.80. The van der Waals surface area contributed by atoms with Crippen molar-refractivity contribution in [3.8, 4) is 0 Å². The Morgan fingerprint density at radius 3 is 2.33 bits per heavy atom. The maximum Gasteiger partial charge on any atom is 0.303 e. The van der Waals surface area contributed by atoms with E-state index in [-0.39, 0.29) is 41.7 Å². The summed E-state index contributed by atoms with van der Waals surface area (Å²) in [5.41, 5.74) is -0.330. The van der Waals surface area contributed by atoms with Crippen molar-refractivity contribution in [2.75, 3.05) is 0 Å². The fourth-order valence-corrected chi connectivity index (χ4v) is 4.17. The van der Waals surface area contributed by atoms with Crippen LogP contribution in [0, 0.1) is 17.3 Å². The van der Waals surface area contributed by atoms with Crippen LogP contribution < -0.4 is 0 Å². The number of hydrogen-bond donors (Lipinski definition) is 2. The van der Waals surface area contributed by atoms with E-state index in [0.29, 0.717) is 19.3 Å². The van der Waals surface area contributed by atoms with Gasteiger partial charge >= 0.3 is 5.97 Å². The van der Waals surface area contributed by atoms with E-state index >= 15 is 0 Å². The van der Waals surface area contributed by atoms with Crippen molar-refractivity contribution in [2.24, 2.45) is 17.3 Å². The number of hydrogen-bond acceptors (Lipinski definition) is 4. The van der Waals surface area contributed by atoms with Crippen LogP contribution in [0.25, 0.3) is 0 Å². The van der Waals surface area contributed by atoms with Crippen molar-refractivity contribution in [1.29, 1.82) is 0 Å². The number of aliphatic hydroxyl groups excluding tert-OH is 1. The van der Waals surface area contributed by atoms with Gasteiger partial charge in [-0.05, 0) is 31.6 Å². The Morgan fingerprint density at radius 1 is 1.04 bits per heavy atom. The SMILES string of the molecule is CCCCC(C)(C)C(=O)CC[C@H]1C(O)CC(=O)[C@@H]1CCCCCCC(=O)O. The third-order valence-electron chi connectivity index (χ3n) is 6.11. The van der Waals surface area contributed by atoms with Gasteiger partial charge in [-0.3, -0.25) is 14.4 Å². The lowest BCUT2D eigenvalue weighted by molar-refractivity contribution is -0.137. The number of aliphatic carboxylic acids is 1. The Balaban J connectivity index is 2.45. The summed E-state index contributed by atoms with van der Waals surface area (Å²) in [6.07, 6.45) is 7.82. The lowest BCUT2D eigenvalue weighted by atomic mass is 9.78. The van der Waals surface area contributed by atoms with E-state index in [1.54, 1.807) is 0 Å². The van der Waals surface area contributed by atoms with Gasteiger partial charge in [0.1, 0.15) is 11.6 Å². The van der Waals surface area contributed by atoms with Crippen LogP contribution in [-0.4, -0.2) is 33.9 Å². The molecule has 5 heteroatoms. The minimum atomic E-state index is -0.768. The highest BCUT2D eigenvalue weighted by Crippen LogP contribution is 2.37. The van der Waals surface area contributed by atoms with Gasteiger partial charge < -0.3 is 10.2 Å². The molecule has 0 aromatic rings. The summed E-state index contributed by atoms with van der Waals surface area (Å²) >= 11 is 0. The second kappa shape index (κ2) is 11.6. The Morgan fingerprint density at radius 2 is 1.70 bits per heavy atom. The van der Waals surface area contributed by atoms with Crippen LogP contribution in [0.15, 0.2) is 0 Å². The first-order valence-corrected chi connectivity index (χ1v) is 10.6. The Bertz CT molecular complexity index is 497. The fraction of sp³-hybridized carbons (Fsp3) is 0.864. The van der Waals surface area contributed by atoms with Crippen molar-refractivity contribution in [2.45, 2.75) is 104 Å². The molecule has 1 saturated carbocycles. The summed E-state index contributed by atoms with van der Waals surface area (Å²) in [6, 6.07) is 0. The molecule has 156 valence electrons. The van der Waals surface area contributed by atoms with Gasteiger partial charge in [0, 0.05) is 30.6 Å². The van der Waals surface area contributed by atoms with Crippen LogP contribution >= 0.6 is 0 Å². The summed E-state index contributed by atoms with van der Waals surface area (Å²) < 4.78 is 0. The number of unbranched alkanes of at least 4 members (excludes halogenated alkanes) is 4. The van der Waals surface area contributed by atoms with Gasteiger partial charge in [0.2, 0.25) is 0 Å². The monoisotopic (exact) mass is 382 g/mol. The Labute approximate surface area is 163 Å². The molecule has 0 bridgehead atoms. The third-order valence-corrected chi connectivity index (χ3v) is 6.11. The summed E-state index contributed by atoms with van der Waals surface area (Å²) in [7, 11) is 0. The number of carbonyl (C=O) groups excluding carboxylic acids is 2. The summed E-state index contributed by atoms with van der Waals surface area (Å²) in [5, 5.41) is 18.9. The quantitative estimate of drug-likeness (QED) is 0.430.